The molecule has 2 aliphatic rings. The Kier molecular flexibility index (Phi) is 4.89. The number of aromatic nitrogens is 3. The van der Waals surface area contributed by atoms with Crippen molar-refractivity contribution in [3.8, 4) is 0 Å². The number of rotatable bonds is 2. The quantitative estimate of drug-likeness (QED) is 0.895. The maximum absolute atomic E-state index is 4.52. The topological polar surface area (TPSA) is 53.6 Å². The van der Waals surface area contributed by atoms with Gasteiger partial charge in [0.05, 0.1) is 5.69 Å². The van der Waals surface area contributed by atoms with Crippen LogP contribution in [-0.4, -0.2) is 28.3 Å². The molecule has 1 aliphatic heterocycles. The van der Waals surface area contributed by atoms with Gasteiger partial charge in [-0.1, -0.05) is 0 Å². The van der Waals surface area contributed by atoms with Crippen LogP contribution in [0.2, 0.25) is 0 Å². The first kappa shape index (κ1) is 15.5. The standard InChI is InChI=1S/C14H18N4.2ClH/c1-2-9(1)11-7-12-13(10-3-5-15-6-4-10)17-18-14(12)16-8-11;;/h7-10,15H,1-6H2,(H,16,17,18);2*1H. The minimum atomic E-state index is 0. The maximum atomic E-state index is 4.52. The van der Waals surface area contributed by atoms with Gasteiger partial charge >= 0.3 is 0 Å². The summed E-state index contributed by atoms with van der Waals surface area (Å²) in [5.41, 5.74) is 3.59. The molecule has 0 unspecified atom stereocenters. The monoisotopic (exact) mass is 314 g/mol. The predicted octanol–water partition coefficient (Wildman–Crippen LogP) is 3.15. The molecule has 2 aromatic rings. The molecule has 0 aromatic carbocycles. The summed E-state index contributed by atoms with van der Waals surface area (Å²) < 4.78 is 0. The first-order valence-corrected chi connectivity index (χ1v) is 6.96. The van der Waals surface area contributed by atoms with E-state index in [2.05, 4.69) is 26.6 Å². The first-order valence-electron chi connectivity index (χ1n) is 6.96. The van der Waals surface area contributed by atoms with Gasteiger partial charge in [0.1, 0.15) is 0 Å². The van der Waals surface area contributed by atoms with Crippen molar-refractivity contribution in [2.45, 2.75) is 37.5 Å². The Balaban J connectivity index is 0.000000735. The van der Waals surface area contributed by atoms with Crippen molar-refractivity contribution < 1.29 is 0 Å². The van der Waals surface area contributed by atoms with E-state index in [9.17, 15) is 0 Å². The molecular weight excluding hydrogens is 295 g/mol. The molecule has 4 rings (SSSR count). The second-order valence-electron chi connectivity index (χ2n) is 5.57. The van der Waals surface area contributed by atoms with Crippen LogP contribution in [0.5, 0.6) is 0 Å². The number of fused-ring (bicyclic) bond motifs is 1. The van der Waals surface area contributed by atoms with Crippen molar-refractivity contribution in [2.75, 3.05) is 13.1 Å². The fourth-order valence-corrected chi connectivity index (χ4v) is 2.99. The lowest BCUT2D eigenvalue weighted by Crippen LogP contribution is -2.26. The molecule has 0 amide bonds. The van der Waals surface area contributed by atoms with Crippen LogP contribution < -0.4 is 5.32 Å². The number of nitrogens with zero attached hydrogens (tertiary/aromatic N) is 2. The average Bonchev–Trinajstić information content (AvgIpc) is 3.19. The van der Waals surface area contributed by atoms with E-state index in [1.54, 1.807) is 0 Å². The van der Waals surface area contributed by atoms with Gasteiger partial charge in [0.2, 0.25) is 0 Å². The van der Waals surface area contributed by atoms with E-state index < -0.39 is 0 Å². The van der Waals surface area contributed by atoms with Crippen molar-refractivity contribution in [2.24, 2.45) is 0 Å². The molecule has 110 valence electrons. The zero-order valence-corrected chi connectivity index (χ0v) is 12.9. The summed E-state index contributed by atoms with van der Waals surface area (Å²) in [6.45, 7) is 2.21. The van der Waals surface area contributed by atoms with Crippen molar-refractivity contribution in [3.05, 3.63) is 23.5 Å². The molecule has 2 aromatic heterocycles. The lowest BCUT2D eigenvalue weighted by molar-refractivity contribution is 0.454. The molecule has 2 fully saturated rings. The van der Waals surface area contributed by atoms with Crippen molar-refractivity contribution in [1.29, 1.82) is 0 Å². The molecular formula is C14H20Cl2N4. The van der Waals surface area contributed by atoms with Gasteiger partial charge in [0.15, 0.2) is 5.65 Å². The SMILES string of the molecule is Cl.Cl.c1nc2[nH]nc(C3CCNCC3)c2cc1C1CC1. The van der Waals surface area contributed by atoms with Crippen LogP contribution in [0.15, 0.2) is 12.3 Å². The van der Waals surface area contributed by atoms with Gasteiger partial charge in [0.25, 0.3) is 0 Å². The predicted molar refractivity (Wildman–Crippen MR) is 85.2 cm³/mol. The number of nitrogens with one attached hydrogen (secondary N) is 2. The van der Waals surface area contributed by atoms with Crippen molar-refractivity contribution >= 4 is 35.8 Å². The fourth-order valence-electron chi connectivity index (χ4n) is 2.99. The van der Waals surface area contributed by atoms with E-state index in [0.29, 0.717) is 5.92 Å². The van der Waals surface area contributed by atoms with Crippen LogP contribution in [0.25, 0.3) is 11.0 Å². The third-order valence-electron chi connectivity index (χ3n) is 4.24. The fraction of sp³-hybridized carbons (Fsp3) is 0.571. The van der Waals surface area contributed by atoms with Gasteiger partial charge in [0, 0.05) is 17.5 Å². The number of halogens is 2. The van der Waals surface area contributed by atoms with E-state index in [0.717, 1.165) is 24.7 Å². The van der Waals surface area contributed by atoms with Crippen LogP contribution in [0, 0.1) is 0 Å². The number of hydrogen-bond acceptors (Lipinski definition) is 3. The molecule has 1 aliphatic carbocycles. The lowest BCUT2D eigenvalue weighted by Gasteiger charge is -2.21. The second-order valence-corrected chi connectivity index (χ2v) is 5.57. The molecule has 0 bridgehead atoms. The van der Waals surface area contributed by atoms with E-state index in [4.69, 9.17) is 0 Å². The summed E-state index contributed by atoms with van der Waals surface area (Å²) in [4.78, 5) is 4.52. The normalized spacial score (nSPS) is 19.4. The van der Waals surface area contributed by atoms with Gasteiger partial charge in [-0.15, -0.1) is 24.8 Å². The molecule has 1 saturated carbocycles. The summed E-state index contributed by atoms with van der Waals surface area (Å²) in [5, 5.41) is 12.3. The smallest absolute Gasteiger partial charge is 0.155 e. The van der Waals surface area contributed by atoms with Crippen molar-refractivity contribution in [3.63, 3.8) is 0 Å². The highest BCUT2D eigenvalue weighted by atomic mass is 35.5. The molecule has 1 saturated heterocycles. The number of hydrogen-bond donors (Lipinski definition) is 2. The van der Waals surface area contributed by atoms with Crippen LogP contribution >= 0.6 is 24.8 Å². The number of piperidine rings is 1. The molecule has 4 nitrogen and oxygen atoms in total. The molecule has 0 spiro atoms. The van der Waals surface area contributed by atoms with Gasteiger partial charge in [-0.3, -0.25) is 5.10 Å². The third-order valence-corrected chi connectivity index (χ3v) is 4.24. The highest BCUT2D eigenvalue weighted by Crippen LogP contribution is 2.41. The maximum Gasteiger partial charge on any atom is 0.155 e. The van der Waals surface area contributed by atoms with E-state index in [-0.39, 0.29) is 24.8 Å². The summed E-state index contributed by atoms with van der Waals surface area (Å²) in [6.07, 6.45) is 7.05. The average molecular weight is 315 g/mol. The van der Waals surface area contributed by atoms with Crippen LogP contribution in [0.1, 0.15) is 48.8 Å². The third kappa shape index (κ3) is 2.78. The van der Waals surface area contributed by atoms with Crippen LogP contribution in [0.3, 0.4) is 0 Å². The van der Waals surface area contributed by atoms with Crippen LogP contribution in [-0.2, 0) is 0 Å². The molecule has 0 atom stereocenters. The largest absolute Gasteiger partial charge is 0.317 e. The number of H-pyrrole nitrogens is 1. The Labute approximate surface area is 130 Å². The summed E-state index contributed by atoms with van der Waals surface area (Å²) in [6, 6.07) is 2.32. The highest BCUT2D eigenvalue weighted by Gasteiger charge is 2.26. The Morgan fingerprint density at radius 1 is 1.00 bits per heavy atom. The Hall–Kier alpha value is -0.840. The molecule has 2 N–H and O–H groups in total. The van der Waals surface area contributed by atoms with Gasteiger partial charge in [-0.25, -0.2) is 4.98 Å². The minimum Gasteiger partial charge on any atom is -0.317 e. The van der Waals surface area contributed by atoms with Gasteiger partial charge < -0.3 is 5.32 Å². The number of pyridine rings is 1. The van der Waals surface area contributed by atoms with Gasteiger partial charge in [-0.05, 0) is 56.3 Å². The summed E-state index contributed by atoms with van der Waals surface area (Å²) >= 11 is 0. The summed E-state index contributed by atoms with van der Waals surface area (Å²) in [5.74, 6) is 1.36. The van der Waals surface area contributed by atoms with E-state index in [1.807, 2.05) is 6.20 Å². The molecule has 0 radical (unpaired) electrons. The van der Waals surface area contributed by atoms with Crippen molar-refractivity contribution in [1.82, 2.24) is 20.5 Å². The lowest BCUT2D eigenvalue weighted by atomic mass is 9.92. The van der Waals surface area contributed by atoms with Crippen LogP contribution in [0.4, 0.5) is 0 Å². The molecule has 20 heavy (non-hydrogen) atoms. The molecule has 6 heteroatoms. The van der Waals surface area contributed by atoms with E-state index >= 15 is 0 Å². The zero-order valence-electron chi connectivity index (χ0n) is 11.3. The number of aromatic amines is 1. The first-order chi connectivity index (χ1) is 8.92. The second kappa shape index (κ2) is 6.29. The minimum absolute atomic E-state index is 0. The Bertz CT molecular complexity index is 574. The highest BCUT2D eigenvalue weighted by molar-refractivity contribution is 5.85. The Morgan fingerprint density at radius 3 is 2.45 bits per heavy atom. The summed E-state index contributed by atoms with van der Waals surface area (Å²) in [7, 11) is 0. The zero-order chi connectivity index (χ0) is 11.9. The van der Waals surface area contributed by atoms with E-state index in [1.165, 1.54) is 42.3 Å². The molecule has 3 heterocycles. The van der Waals surface area contributed by atoms with Gasteiger partial charge in [-0.2, -0.15) is 5.10 Å². The Morgan fingerprint density at radius 2 is 1.75 bits per heavy atom.